The Labute approximate surface area is 125 Å². The van der Waals surface area contributed by atoms with Crippen LogP contribution in [-0.4, -0.2) is 22.1 Å². The van der Waals surface area contributed by atoms with Gasteiger partial charge in [0, 0.05) is 11.3 Å². The molecule has 21 heavy (non-hydrogen) atoms. The van der Waals surface area contributed by atoms with Crippen molar-refractivity contribution >= 4 is 29.2 Å². The van der Waals surface area contributed by atoms with Crippen LogP contribution in [0.2, 0.25) is 5.02 Å². The Morgan fingerprint density at radius 1 is 1.14 bits per heavy atom. The van der Waals surface area contributed by atoms with Gasteiger partial charge in [-0.25, -0.2) is 0 Å². The van der Waals surface area contributed by atoms with Crippen molar-refractivity contribution in [3.63, 3.8) is 0 Å². The summed E-state index contributed by atoms with van der Waals surface area (Å²) < 4.78 is 0. The van der Waals surface area contributed by atoms with Crippen molar-refractivity contribution in [1.29, 1.82) is 0 Å². The molecule has 2 aromatic carbocycles. The van der Waals surface area contributed by atoms with Crippen LogP contribution in [0.4, 0.5) is 5.69 Å². The second kappa shape index (κ2) is 6.28. The predicted molar refractivity (Wildman–Crippen MR) is 78.9 cm³/mol. The summed E-state index contributed by atoms with van der Waals surface area (Å²) in [5.41, 5.74) is 1.19. The quantitative estimate of drug-likeness (QED) is 0.810. The Morgan fingerprint density at radius 3 is 2.52 bits per heavy atom. The highest BCUT2D eigenvalue weighted by Crippen LogP contribution is 2.24. The maximum atomic E-state index is 12.1. The first-order chi connectivity index (χ1) is 9.97. The first-order valence-electron chi connectivity index (χ1n) is 6.07. The van der Waals surface area contributed by atoms with Gasteiger partial charge >= 0.3 is 5.97 Å². The lowest BCUT2D eigenvalue weighted by molar-refractivity contribution is -0.136. The number of carbonyl (C=O) groups is 2. The molecule has 2 rings (SSSR count). The minimum Gasteiger partial charge on any atom is -0.506 e. The van der Waals surface area contributed by atoms with Crippen LogP contribution >= 0.6 is 11.6 Å². The number of carbonyl (C=O) groups excluding carboxylic acids is 1. The van der Waals surface area contributed by atoms with Gasteiger partial charge in [-0.05, 0) is 29.8 Å². The molecule has 1 amide bonds. The van der Waals surface area contributed by atoms with E-state index in [2.05, 4.69) is 5.32 Å². The smallest absolute Gasteiger partial charge is 0.307 e. The van der Waals surface area contributed by atoms with Crippen molar-refractivity contribution in [3.8, 4) is 5.75 Å². The molecule has 2 aromatic rings. The third-order valence-corrected chi connectivity index (χ3v) is 3.12. The highest BCUT2D eigenvalue weighted by Gasteiger charge is 2.12. The van der Waals surface area contributed by atoms with E-state index >= 15 is 0 Å². The highest BCUT2D eigenvalue weighted by atomic mass is 35.5. The van der Waals surface area contributed by atoms with E-state index in [1.54, 1.807) is 24.3 Å². The number of carboxylic acids is 1. The van der Waals surface area contributed by atoms with Crippen molar-refractivity contribution in [1.82, 2.24) is 0 Å². The fraction of sp³-hybridized carbons (Fsp3) is 0.0667. The molecule has 0 aliphatic carbocycles. The standard InChI is InChI=1S/C15H12ClNO4/c16-11-7-10(5-6-13(11)18)15(21)17-12-4-2-1-3-9(12)8-14(19)20/h1-7,18H,8H2,(H,17,21)(H,19,20). The molecule has 0 radical (unpaired) electrons. The number of anilines is 1. The van der Waals surface area contributed by atoms with E-state index < -0.39 is 11.9 Å². The van der Waals surface area contributed by atoms with Crippen LogP contribution in [0.15, 0.2) is 42.5 Å². The number of aromatic hydroxyl groups is 1. The van der Waals surface area contributed by atoms with Crippen molar-refractivity contribution in [2.45, 2.75) is 6.42 Å². The number of carboxylic acid groups (broad SMARTS) is 1. The van der Waals surface area contributed by atoms with Crippen LogP contribution in [-0.2, 0) is 11.2 Å². The molecule has 0 fully saturated rings. The number of hydrogen-bond donors (Lipinski definition) is 3. The molecular formula is C15H12ClNO4. The minimum absolute atomic E-state index is 0.0708. The number of aliphatic carboxylic acids is 1. The first kappa shape index (κ1) is 14.9. The molecule has 0 unspecified atom stereocenters. The molecule has 0 bridgehead atoms. The molecule has 5 nitrogen and oxygen atoms in total. The van der Waals surface area contributed by atoms with Crippen LogP contribution in [0.5, 0.6) is 5.75 Å². The maximum absolute atomic E-state index is 12.1. The molecule has 0 aliphatic rings. The molecule has 0 heterocycles. The zero-order chi connectivity index (χ0) is 15.4. The lowest BCUT2D eigenvalue weighted by atomic mass is 10.1. The molecule has 108 valence electrons. The summed E-state index contributed by atoms with van der Waals surface area (Å²) in [6.45, 7) is 0. The van der Waals surface area contributed by atoms with E-state index in [1.807, 2.05) is 0 Å². The molecular weight excluding hydrogens is 294 g/mol. The molecule has 0 saturated carbocycles. The number of nitrogens with one attached hydrogen (secondary N) is 1. The van der Waals surface area contributed by atoms with Crippen LogP contribution in [0.25, 0.3) is 0 Å². The van der Waals surface area contributed by atoms with E-state index in [-0.39, 0.29) is 22.8 Å². The zero-order valence-corrected chi connectivity index (χ0v) is 11.6. The van der Waals surface area contributed by atoms with E-state index in [4.69, 9.17) is 16.7 Å². The predicted octanol–water partition coefficient (Wildman–Crippen LogP) is 2.93. The lowest BCUT2D eigenvalue weighted by Gasteiger charge is -2.10. The van der Waals surface area contributed by atoms with E-state index in [9.17, 15) is 14.7 Å². The molecule has 6 heteroatoms. The second-order valence-electron chi connectivity index (χ2n) is 4.35. The van der Waals surface area contributed by atoms with Gasteiger partial charge in [0.05, 0.1) is 11.4 Å². The van der Waals surface area contributed by atoms with Gasteiger partial charge in [0.2, 0.25) is 0 Å². The fourth-order valence-corrected chi connectivity index (χ4v) is 1.98. The fourth-order valence-electron chi connectivity index (χ4n) is 1.80. The zero-order valence-electron chi connectivity index (χ0n) is 10.8. The lowest BCUT2D eigenvalue weighted by Crippen LogP contribution is -2.14. The Bertz CT molecular complexity index is 700. The minimum atomic E-state index is -0.982. The summed E-state index contributed by atoms with van der Waals surface area (Å²) in [4.78, 5) is 22.9. The monoisotopic (exact) mass is 305 g/mol. The second-order valence-corrected chi connectivity index (χ2v) is 4.76. The average Bonchev–Trinajstić information content (AvgIpc) is 2.43. The van der Waals surface area contributed by atoms with Crippen LogP contribution < -0.4 is 5.32 Å². The number of phenols is 1. The average molecular weight is 306 g/mol. The number of amides is 1. The maximum Gasteiger partial charge on any atom is 0.307 e. The molecule has 0 aliphatic heterocycles. The SMILES string of the molecule is O=C(O)Cc1ccccc1NC(=O)c1ccc(O)c(Cl)c1. The third kappa shape index (κ3) is 3.73. The van der Waals surface area contributed by atoms with Crippen molar-refractivity contribution in [2.24, 2.45) is 0 Å². The molecule has 0 spiro atoms. The van der Waals surface area contributed by atoms with Crippen molar-refractivity contribution < 1.29 is 19.8 Å². The van der Waals surface area contributed by atoms with Crippen LogP contribution in [0, 0.1) is 0 Å². The topological polar surface area (TPSA) is 86.6 Å². The summed E-state index contributed by atoms with van der Waals surface area (Å²) in [5, 5.41) is 20.9. The Morgan fingerprint density at radius 2 is 1.86 bits per heavy atom. The van der Waals surface area contributed by atoms with Gasteiger partial charge in [0.1, 0.15) is 5.75 Å². The molecule has 0 saturated heterocycles. The van der Waals surface area contributed by atoms with Gasteiger partial charge in [-0.3, -0.25) is 9.59 Å². The van der Waals surface area contributed by atoms with E-state index in [1.165, 1.54) is 18.2 Å². The molecule has 0 atom stereocenters. The van der Waals surface area contributed by atoms with Crippen LogP contribution in [0.3, 0.4) is 0 Å². The summed E-state index contributed by atoms with van der Waals surface area (Å²) in [6.07, 6.45) is -0.188. The molecule has 0 aromatic heterocycles. The van der Waals surface area contributed by atoms with Gasteiger partial charge in [0.25, 0.3) is 5.91 Å². The molecule has 3 N–H and O–H groups in total. The number of phenolic OH excluding ortho intramolecular Hbond substituents is 1. The summed E-state index contributed by atoms with van der Waals surface area (Å²) in [5.74, 6) is -1.53. The normalized spacial score (nSPS) is 10.1. The van der Waals surface area contributed by atoms with Gasteiger partial charge in [0.15, 0.2) is 0 Å². The number of benzene rings is 2. The Kier molecular flexibility index (Phi) is 4.45. The first-order valence-corrected chi connectivity index (χ1v) is 6.44. The van der Waals surface area contributed by atoms with Gasteiger partial charge in [-0.15, -0.1) is 0 Å². The summed E-state index contributed by atoms with van der Waals surface area (Å²) >= 11 is 5.75. The van der Waals surface area contributed by atoms with Gasteiger partial charge in [-0.2, -0.15) is 0 Å². The summed E-state index contributed by atoms with van der Waals surface area (Å²) in [7, 11) is 0. The van der Waals surface area contributed by atoms with Crippen molar-refractivity contribution in [3.05, 3.63) is 58.6 Å². The van der Waals surface area contributed by atoms with Gasteiger partial charge in [-0.1, -0.05) is 29.8 Å². The Balaban J connectivity index is 2.23. The van der Waals surface area contributed by atoms with E-state index in [0.29, 0.717) is 11.3 Å². The van der Waals surface area contributed by atoms with E-state index in [0.717, 1.165) is 0 Å². The Hall–Kier alpha value is -2.53. The largest absolute Gasteiger partial charge is 0.506 e. The number of hydrogen-bond acceptors (Lipinski definition) is 3. The number of halogens is 1. The third-order valence-electron chi connectivity index (χ3n) is 2.82. The van der Waals surface area contributed by atoms with Crippen molar-refractivity contribution in [2.75, 3.05) is 5.32 Å². The van der Waals surface area contributed by atoms with Crippen LogP contribution in [0.1, 0.15) is 15.9 Å². The number of rotatable bonds is 4. The summed E-state index contributed by atoms with van der Waals surface area (Å²) in [6, 6.07) is 10.7. The number of para-hydroxylation sites is 1. The highest BCUT2D eigenvalue weighted by molar-refractivity contribution is 6.32. The van der Waals surface area contributed by atoms with Gasteiger partial charge < -0.3 is 15.5 Å².